The Morgan fingerprint density at radius 2 is 1.04 bits per heavy atom. The van der Waals surface area contributed by atoms with Crippen LogP contribution < -0.4 is 15.9 Å². The Kier molecular flexibility index (Phi) is 5.40. The van der Waals surface area contributed by atoms with Crippen LogP contribution in [0.4, 0.5) is 0 Å². The van der Waals surface area contributed by atoms with Crippen molar-refractivity contribution >= 4 is 29.6 Å². The monoisotopic (exact) mass is 335 g/mol. The van der Waals surface area contributed by atoms with Gasteiger partial charge in [-0.2, -0.15) is 0 Å². The predicted octanol–water partition coefficient (Wildman–Crippen LogP) is 2.80. The van der Waals surface area contributed by atoms with Gasteiger partial charge in [-0.05, 0) is 0 Å². The van der Waals surface area contributed by atoms with E-state index in [0.717, 1.165) is 6.16 Å². The van der Waals surface area contributed by atoms with Gasteiger partial charge < -0.3 is 0 Å². The molecule has 0 aromatic heterocycles. The van der Waals surface area contributed by atoms with E-state index in [1.807, 2.05) is 18.2 Å². The van der Waals surface area contributed by atoms with E-state index in [2.05, 4.69) is 72.8 Å². The molecule has 3 heteroatoms. The van der Waals surface area contributed by atoms with Crippen molar-refractivity contribution in [2.75, 3.05) is 12.8 Å². The molecular formula is C21H20O2P. The van der Waals surface area contributed by atoms with Crippen molar-refractivity contribution < 1.29 is 9.53 Å². The summed E-state index contributed by atoms with van der Waals surface area (Å²) in [6.45, 7) is 1.94. The van der Waals surface area contributed by atoms with Gasteiger partial charge in [0.1, 0.15) is 0 Å². The SMILES string of the molecule is O=[C]OCC[PH](c1ccccc1)(c1ccccc1)c1ccccc1. The van der Waals surface area contributed by atoms with Gasteiger partial charge in [0.15, 0.2) is 0 Å². The van der Waals surface area contributed by atoms with E-state index >= 15 is 0 Å². The Balaban J connectivity index is 2.22. The second kappa shape index (κ2) is 7.90. The first-order valence-corrected chi connectivity index (χ1v) is 10.2. The van der Waals surface area contributed by atoms with Crippen molar-refractivity contribution in [3.63, 3.8) is 0 Å². The predicted molar refractivity (Wildman–Crippen MR) is 103 cm³/mol. The van der Waals surface area contributed by atoms with E-state index in [0.29, 0.717) is 6.61 Å². The zero-order valence-electron chi connectivity index (χ0n) is 13.4. The molecular weight excluding hydrogens is 315 g/mol. The third-order valence-electron chi connectivity index (χ3n) is 4.44. The van der Waals surface area contributed by atoms with Gasteiger partial charge in [0, 0.05) is 0 Å². The summed E-state index contributed by atoms with van der Waals surface area (Å²) in [6, 6.07) is 31.7. The molecule has 3 aromatic carbocycles. The summed E-state index contributed by atoms with van der Waals surface area (Å²) in [5.74, 6) is 0. The Morgan fingerprint density at radius 3 is 1.38 bits per heavy atom. The molecule has 0 fully saturated rings. The standard InChI is InChI=1S/C21H20O2P/c22-18-23-16-17-24(19-10-4-1-5-11-19,20-12-6-2-7-13-20)21-14-8-3-9-15-21/h1-15,24H,16-17H2. The molecule has 0 atom stereocenters. The summed E-state index contributed by atoms with van der Waals surface area (Å²) in [5.41, 5.74) is 0. The molecule has 0 N–H and O–H groups in total. The van der Waals surface area contributed by atoms with Gasteiger partial charge in [-0.25, -0.2) is 0 Å². The minimum atomic E-state index is -2.26. The third kappa shape index (κ3) is 3.25. The second-order valence-electron chi connectivity index (χ2n) is 5.69. The summed E-state index contributed by atoms with van der Waals surface area (Å²) < 4.78 is 4.98. The van der Waals surface area contributed by atoms with Crippen LogP contribution in [0.2, 0.25) is 0 Å². The molecule has 1 radical (unpaired) electrons. The van der Waals surface area contributed by atoms with Crippen LogP contribution >= 0.6 is 7.26 Å². The van der Waals surface area contributed by atoms with Gasteiger partial charge in [0.2, 0.25) is 0 Å². The van der Waals surface area contributed by atoms with E-state index < -0.39 is 7.26 Å². The Hall–Kier alpha value is -2.44. The molecule has 3 aromatic rings. The van der Waals surface area contributed by atoms with Gasteiger partial charge in [0.25, 0.3) is 0 Å². The van der Waals surface area contributed by atoms with Crippen molar-refractivity contribution in [3.8, 4) is 0 Å². The normalized spacial score (nSPS) is 11.7. The van der Waals surface area contributed by atoms with Crippen LogP contribution in [-0.4, -0.2) is 19.2 Å². The van der Waals surface area contributed by atoms with Crippen molar-refractivity contribution in [1.29, 1.82) is 0 Å². The second-order valence-corrected chi connectivity index (χ2v) is 9.73. The quantitative estimate of drug-likeness (QED) is 0.490. The van der Waals surface area contributed by atoms with Crippen LogP contribution in [0.25, 0.3) is 0 Å². The Morgan fingerprint density at radius 1 is 0.667 bits per heavy atom. The van der Waals surface area contributed by atoms with E-state index in [1.54, 1.807) is 6.47 Å². The number of ether oxygens (including phenoxy) is 1. The number of rotatable bonds is 7. The van der Waals surface area contributed by atoms with Crippen LogP contribution in [0.5, 0.6) is 0 Å². The van der Waals surface area contributed by atoms with Gasteiger partial charge >= 0.3 is 143 Å². The fourth-order valence-electron chi connectivity index (χ4n) is 3.35. The van der Waals surface area contributed by atoms with Gasteiger partial charge in [0.05, 0.1) is 0 Å². The Bertz CT molecular complexity index is 661. The molecule has 0 saturated carbocycles. The first-order valence-electron chi connectivity index (χ1n) is 8.03. The third-order valence-corrected chi connectivity index (χ3v) is 9.35. The van der Waals surface area contributed by atoms with Gasteiger partial charge in [-0.3, -0.25) is 0 Å². The molecule has 0 unspecified atom stereocenters. The molecule has 0 bridgehead atoms. The summed E-state index contributed by atoms with van der Waals surface area (Å²) in [7, 11) is -2.26. The van der Waals surface area contributed by atoms with Crippen LogP contribution in [0.1, 0.15) is 0 Å². The van der Waals surface area contributed by atoms with Crippen molar-refractivity contribution in [2.24, 2.45) is 0 Å². The van der Waals surface area contributed by atoms with Crippen molar-refractivity contribution in [1.82, 2.24) is 0 Å². The number of hydrogen-bond acceptors (Lipinski definition) is 2. The summed E-state index contributed by atoms with van der Waals surface area (Å²) >= 11 is 0. The molecule has 0 heterocycles. The fraction of sp³-hybridized carbons (Fsp3) is 0.0952. The number of hydrogen-bond donors (Lipinski definition) is 0. The zero-order chi connectivity index (χ0) is 16.7. The molecule has 121 valence electrons. The topological polar surface area (TPSA) is 26.3 Å². The molecule has 0 amide bonds. The van der Waals surface area contributed by atoms with E-state index in [1.165, 1.54) is 15.9 Å². The van der Waals surface area contributed by atoms with Crippen LogP contribution in [0.3, 0.4) is 0 Å². The average Bonchev–Trinajstić information content (AvgIpc) is 2.68. The molecule has 0 aliphatic carbocycles. The molecule has 24 heavy (non-hydrogen) atoms. The number of benzene rings is 3. The number of carbonyl (C=O) groups excluding carboxylic acids is 1. The molecule has 3 rings (SSSR count). The molecule has 0 aliphatic rings. The van der Waals surface area contributed by atoms with Gasteiger partial charge in [-0.15, -0.1) is 0 Å². The van der Waals surface area contributed by atoms with E-state index in [-0.39, 0.29) is 0 Å². The first-order chi connectivity index (χ1) is 11.9. The van der Waals surface area contributed by atoms with Crippen molar-refractivity contribution in [3.05, 3.63) is 91.0 Å². The van der Waals surface area contributed by atoms with Crippen LogP contribution in [0.15, 0.2) is 91.0 Å². The molecule has 2 nitrogen and oxygen atoms in total. The van der Waals surface area contributed by atoms with E-state index in [9.17, 15) is 4.79 Å². The van der Waals surface area contributed by atoms with E-state index in [4.69, 9.17) is 4.74 Å². The maximum atomic E-state index is 10.6. The minimum absolute atomic E-state index is 0.369. The molecule has 0 aliphatic heterocycles. The van der Waals surface area contributed by atoms with Crippen LogP contribution in [0, 0.1) is 0 Å². The zero-order valence-corrected chi connectivity index (χ0v) is 14.4. The average molecular weight is 335 g/mol. The molecule has 0 saturated heterocycles. The summed E-state index contributed by atoms with van der Waals surface area (Å²) in [6.07, 6.45) is 0.792. The summed E-state index contributed by atoms with van der Waals surface area (Å²) in [4.78, 5) is 10.6. The fourth-order valence-corrected chi connectivity index (χ4v) is 7.91. The van der Waals surface area contributed by atoms with Gasteiger partial charge in [-0.1, -0.05) is 0 Å². The van der Waals surface area contributed by atoms with Crippen molar-refractivity contribution in [2.45, 2.75) is 0 Å². The van der Waals surface area contributed by atoms with Crippen LogP contribution in [-0.2, 0) is 9.53 Å². The first kappa shape index (κ1) is 16.4. The Labute approximate surface area is 143 Å². The summed E-state index contributed by atoms with van der Waals surface area (Å²) in [5, 5.41) is 3.95. The molecule has 0 spiro atoms. The maximum absolute atomic E-state index is 10.6.